The van der Waals surface area contributed by atoms with Crippen LogP contribution < -0.4 is 9.47 Å². The Morgan fingerprint density at radius 3 is 3.05 bits per heavy atom. The lowest BCUT2D eigenvalue weighted by Gasteiger charge is -2.16. The number of aldehydes is 1. The summed E-state index contributed by atoms with van der Waals surface area (Å²) in [5, 5.41) is 8.37. The highest BCUT2D eigenvalue weighted by Gasteiger charge is 2.17. The van der Waals surface area contributed by atoms with Crippen molar-refractivity contribution in [3.05, 3.63) is 35.4 Å². The number of benzene rings is 1. The van der Waals surface area contributed by atoms with E-state index >= 15 is 0 Å². The Morgan fingerprint density at radius 2 is 2.24 bits per heavy atom. The van der Waals surface area contributed by atoms with Crippen molar-refractivity contribution in [1.82, 2.24) is 14.8 Å². The predicted molar refractivity (Wildman–Crippen MR) is 75.7 cm³/mol. The molecule has 0 bridgehead atoms. The molecule has 0 spiro atoms. The number of hydrogen-bond donors (Lipinski definition) is 0. The van der Waals surface area contributed by atoms with Crippen molar-refractivity contribution in [3.8, 4) is 11.5 Å². The fourth-order valence-corrected chi connectivity index (χ4v) is 2.55. The van der Waals surface area contributed by atoms with Crippen LogP contribution >= 0.6 is 0 Å². The number of hydrogen-bond acceptors (Lipinski definition) is 5. The first kappa shape index (κ1) is 13.6. The van der Waals surface area contributed by atoms with Gasteiger partial charge in [0, 0.05) is 13.0 Å². The largest absolute Gasteiger partial charge is 0.493 e. The molecule has 0 saturated carbocycles. The second-order valence-electron chi connectivity index (χ2n) is 4.93. The molecule has 1 aliphatic heterocycles. The quantitative estimate of drug-likeness (QED) is 0.787. The summed E-state index contributed by atoms with van der Waals surface area (Å²) in [5.41, 5.74) is 0.465. The van der Waals surface area contributed by atoms with Gasteiger partial charge >= 0.3 is 0 Å². The van der Waals surface area contributed by atoms with Gasteiger partial charge in [-0.2, -0.15) is 0 Å². The number of aryl methyl sites for hydroxylation is 1. The van der Waals surface area contributed by atoms with Gasteiger partial charge in [-0.3, -0.25) is 4.79 Å². The molecule has 0 fully saturated rings. The van der Waals surface area contributed by atoms with Gasteiger partial charge < -0.3 is 14.0 Å². The topological polar surface area (TPSA) is 66.2 Å². The van der Waals surface area contributed by atoms with Crippen molar-refractivity contribution in [1.29, 1.82) is 0 Å². The van der Waals surface area contributed by atoms with Gasteiger partial charge in [-0.25, -0.2) is 0 Å². The number of rotatable bonds is 5. The molecule has 2 heterocycles. The molecule has 1 aromatic carbocycles. The van der Waals surface area contributed by atoms with E-state index in [0.717, 1.165) is 43.7 Å². The molecule has 2 aromatic rings. The van der Waals surface area contributed by atoms with Crippen LogP contribution in [0.2, 0.25) is 0 Å². The van der Waals surface area contributed by atoms with Gasteiger partial charge in [0.2, 0.25) is 0 Å². The summed E-state index contributed by atoms with van der Waals surface area (Å²) in [6, 6.07) is 5.22. The van der Waals surface area contributed by atoms with Crippen molar-refractivity contribution in [2.45, 2.75) is 32.4 Å². The maximum absolute atomic E-state index is 11.1. The highest BCUT2D eigenvalue weighted by Crippen LogP contribution is 2.30. The number of fused-ring (bicyclic) bond motifs is 1. The van der Waals surface area contributed by atoms with Gasteiger partial charge in [0.1, 0.15) is 12.4 Å². The maximum atomic E-state index is 11.1. The molecular formula is C15H17N3O3. The van der Waals surface area contributed by atoms with Crippen LogP contribution in [0.5, 0.6) is 11.5 Å². The minimum atomic E-state index is 0.272. The van der Waals surface area contributed by atoms with Crippen molar-refractivity contribution >= 4 is 6.29 Å². The van der Waals surface area contributed by atoms with Crippen LogP contribution in [0.1, 0.15) is 34.8 Å². The summed E-state index contributed by atoms with van der Waals surface area (Å²) in [7, 11) is 1.55. The lowest BCUT2D eigenvalue weighted by Crippen LogP contribution is -2.14. The Balaban J connectivity index is 1.82. The Kier molecular flexibility index (Phi) is 3.85. The Hall–Kier alpha value is -2.37. The molecule has 0 atom stereocenters. The van der Waals surface area contributed by atoms with Crippen LogP contribution in [0.15, 0.2) is 18.2 Å². The summed E-state index contributed by atoms with van der Waals surface area (Å²) in [6.07, 6.45) is 4.01. The number of carbonyl (C=O) groups is 1. The molecule has 21 heavy (non-hydrogen) atoms. The summed E-state index contributed by atoms with van der Waals surface area (Å²) in [5.74, 6) is 2.78. The molecule has 0 N–H and O–H groups in total. The fraction of sp³-hybridized carbons (Fsp3) is 0.400. The van der Waals surface area contributed by atoms with Crippen molar-refractivity contribution in [3.63, 3.8) is 0 Å². The van der Waals surface area contributed by atoms with E-state index in [2.05, 4.69) is 14.8 Å². The third-order valence-electron chi connectivity index (χ3n) is 3.64. The zero-order valence-electron chi connectivity index (χ0n) is 11.9. The van der Waals surface area contributed by atoms with E-state index in [9.17, 15) is 4.79 Å². The third-order valence-corrected chi connectivity index (χ3v) is 3.64. The molecule has 3 rings (SSSR count). The van der Waals surface area contributed by atoms with Gasteiger partial charge in [0.15, 0.2) is 23.6 Å². The molecular weight excluding hydrogens is 270 g/mol. The molecule has 0 amide bonds. The number of carbonyl (C=O) groups excluding carboxylic acids is 1. The van der Waals surface area contributed by atoms with E-state index in [1.165, 1.54) is 0 Å². The minimum Gasteiger partial charge on any atom is -0.493 e. The van der Waals surface area contributed by atoms with E-state index in [4.69, 9.17) is 9.47 Å². The van der Waals surface area contributed by atoms with E-state index < -0.39 is 0 Å². The lowest BCUT2D eigenvalue weighted by atomic mass is 10.2. The minimum absolute atomic E-state index is 0.272. The smallest absolute Gasteiger partial charge is 0.172 e. The molecule has 6 heteroatoms. The normalized spacial score (nSPS) is 13.6. The number of para-hydroxylation sites is 1. The third kappa shape index (κ3) is 2.61. The van der Waals surface area contributed by atoms with Gasteiger partial charge in [0.25, 0.3) is 0 Å². The van der Waals surface area contributed by atoms with Crippen LogP contribution in [-0.2, 0) is 19.6 Å². The monoisotopic (exact) mass is 287 g/mol. The maximum Gasteiger partial charge on any atom is 0.172 e. The summed E-state index contributed by atoms with van der Waals surface area (Å²) in [6.45, 7) is 1.20. The molecule has 0 unspecified atom stereocenters. The highest BCUT2D eigenvalue weighted by atomic mass is 16.5. The molecule has 6 nitrogen and oxygen atoms in total. The van der Waals surface area contributed by atoms with Crippen LogP contribution in [0.3, 0.4) is 0 Å². The van der Waals surface area contributed by atoms with Crippen LogP contribution in [0.4, 0.5) is 0 Å². The van der Waals surface area contributed by atoms with Gasteiger partial charge in [-0.05, 0) is 25.0 Å². The molecule has 1 aromatic heterocycles. The van der Waals surface area contributed by atoms with Crippen molar-refractivity contribution in [2.75, 3.05) is 7.11 Å². The van der Waals surface area contributed by atoms with Gasteiger partial charge in [-0.15, -0.1) is 10.2 Å². The Morgan fingerprint density at radius 1 is 1.33 bits per heavy atom. The summed E-state index contributed by atoms with van der Waals surface area (Å²) < 4.78 is 13.1. The SMILES string of the molecule is COc1cccc(C=O)c1OCc1nnc2n1CCCC2. The number of nitrogens with zero attached hydrogens (tertiary/aromatic N) is 3. The van der Waals surface area contributed by atoms with Crippen LogP contribution in [0, 0.1) is 0 Å². The second kappa shape index (κ2) is 5.95. The van der Waals surface area contributed by atoms with Crippen LogP contribution in [-0.4, -0.2) is 28.2 Å². The van der Waals surface area contributed by atoms with E-state index in [1.54, 1.807) is 25.3 Å². The fourth-order valence-electron chi connectivity index (χ4n) is 2.55. The van der Waals surface area contributed by atoms with E-state index in [-0.39, 0.29) is 6.61 Å². The Labute approximate surface area is 122 Å². The molecule has 1 aliphatic rings. The van der Waals surface area contributed by atoms with Crippen LogP contribution in [0.25, 0.3) is 0 Å². The average Bonchev–Trinajstić information content (AvgIpc) is 2.95. The zero-order valence-corrected chi connectivity index (χ0v) is 11.9. The first-order valence-corrected chi connectivity index (χ1v) is 6.99. The van der Waals surface area contributed by atoms with Gasteiger partial charge in [0.05, 0.1) is 12.7 Å². The molecule has 0 saturated heterocycles. The predicted octanol–water partition coefficient (Wildman–Crippen LogP) is 2.01. The molecule has 0 aliphatic carbocycles. The highest BCUT2D eigenvalue weighted by molar-refractivity contribution is 5.81. The van der Waals surface area contributed by atoms with Crippen molar-refractivity contribution < 1.29 is 14.3 Å². The average molecular weight is 287 g/mol. The standard InChI is InChI=1S/C15H17N3O3/c1-20-12-6-4-5-11(9-19)15(12)21-10-14-17-16-13-7-2-3-8-18(13)14/h4-6,9H,2-3,7-8,10H2,1H3. The summed E-state index contributed by atoms with van der Waals surface area (Å²) >= 11 is 0. The second-order valence-corrected chi connectivity index (χ2v) is 4.93. The first-order valence-electron chi connectivity index (χ1n) is 6.99. The molecule has 110 valence electrons. The first-order chi connectivity index (χ1) is 10.3. The van der Waals surface area contributed by atoms with Gasteiger partial charge in [-0.1, -0.05) is 6.07 Å². The molecule has 0 radical (unpaired) electrons. The van der Waals surface area contributed by atoms with E-state index in [0.29, 0.717) is 17.1 Å². The summed E-state index contributed by atoms with van der Waals surface area (Å²) in [4.78, 5) is 11.1. The number of ether oxygens (including phenoxy) is 2. The lowest BCUT2D eigenvalue weighted by molar-refractivity contribution is 0.111. The Bertz CT molecular complexity index is 652. The van der Waals surface area contributed by atoms with E-state index in [1.807, 2.05) is 0 Å². The number of methoxy groups -OCH3 is 1. The number of aromatic nitrogens is 3. The van der Waals surface area contributed by atoms with Crippen molar-refractivity contribution in [2.24, 2.45) is 0 Å². The zero-order chi connectivity index (χ0) is 14.7.